The van der Waals surface area contributed by atoms with Crippen LogP contribution in [0.5, 0.6) is 0 Å². The predicted molar refractivity (Wildman–Crippen MR) is 65.8 cm³/mol. The molecule has 0 radical (unpaired) electrons. The normalized spacial score (nSPS) is 14.6. The smallest absolute Gasteiger partial charge is 0.330 e. The third-order valence-electron chi connectivity index (χ3n) is 1.33. The zero-order valence-electron chi connectivity index (χ0n) is 8.70. The number of ether oxygens (including phenoxy) is 1. The van der Waals surface area contributed by atoms with E-state index in [1.165, 1.54) is 12.2 Å². The first-order chi connectivity index (χ1) is 7.31. The number of halogens is 3. The van der Waals surface area contributed by atoms with E-state index in [-0.39, 0.29) is 6.61 Å². The molecule has 0 aliphatic heterocycles. The highest BCUT2D eigenvalue weighted by atomic mass is 35.6. The Morgan fingerprint density at radius 1 is 1.44 bits per heavy atom. The van der Waals surface area contributed by atoms with E-state index in [0.717, 1.165) is 0 Å². The van der Waals surface area contributed by atoms with Gasteiger partial charge in [0.05, 0.1) is 6.10 Å². The molecule has 0 bridgehead atoms. The van der Waals surface area contributed by atoms with Crippen molar-refractivity contribution in [1.82, 2.24) is 0 Å². The average Bonchev–Trinajstić information content (AvgIpc) is 2.12. The Bertz CT molecular complexity index is 267. The minimum absolute atomic E-state index is 0.293. The minimum atomic E-state index is -1.59. The molecule has 0 saturated carbocycles. The number of aliphatic hydroxyl groups is 1. The molecule has 0 spiro atoms. The standard InChI is InChI=1S/C10H13Cl3O3/c1-8(14)5-3-2-4-6-9(15)16-7-10(11,12)13/h2-4,6,8,14H,5,7H2,1H3/b3-2+,6-4+. The lowest BCUT2D eigenvalue weighted by atomic mass is 10.2. The van der Waals surface area contributed by atoms with Gasteiger partial charge in [0.15, 0.2) is 0 Å². The van der Waals surface area contributed by atoms with Gasteiger partial charge in [0.2, 0.25) is 3.79 Å². The summed E-state index contributed by atoms with van der Waals surface area (Å²) in [6.45, 7) is 1.38. The first-order valence-electron chi connectivity index (χ1n) is 4.56. The van der Waals surface area contributed by atoms with Crippen molar-refractivity contribution in [3.63, 3.8) is 0 Å². The van der Waals surface area contributed by atoms with Gasteiger partial charge >= 0.3 is 5.97 Å². The summed E-state index contributed by atoms with van der Waals surface area (Å²) in [5, 5.41) is 8.92. The third kappa shape index (κ3) is 11.9. The van der Waals surface area contributed by atoms with E-state index >= 15 is 0 Å². The van der Waals surface area contributed by atoms with Crippen LogP contribution in [0.1, 0.15) is 13.3 Å². The SMILES string of the molecule is CC(O)C/C=C/C=C/C(=O)OCC(Cl)(Cl)Cl. The summed E-state index contributed by atoms with van der Waals surface area (Å²) in [6.07, 6.45) is 6.17. The summed E-state index contributed by atoms with van der Waals surface area (Å²) in [5.74, 6) is -0.590. The maximum atomic E-state index is 11.0. The van der Waals surface area contributed by atoms with Crippen molar-refractivity contribution in [2.45, 2.75) is 23.2 Å². The highest BCUT2D eigenvalue weighted by molar-refractivity contribution is 6.67. The average molecular weight is 288 g/mol. The highest BCUT2D eigenvalue weighted by Crippen LogP contribution is 2.25. The van der Waals surface area contributed by atoms with Gasteiger partial charge in [0, 0.05) is 6.08 Å². The molecule has 0 saturated heterocycles. The molecule has 0 heterocycles. The predicted octanol–water partition coefficient (Wildman–Crippen LogP) is 2.78. The van der Waals surface area contributed by atoms with Gasteiger partial charge in [-0.15, -0.1) is 0 Å². The Kier molecular flexibility index (Phi) is 7.85. The topological polar surface area (TPSA) is 46.5 Å². The summed E-state index contributed by atoms with van der Waals surface area (Å²) >= 11 is 16.2. The van der Waals surface area contributed by atoms with Crippen molar-refractivity contribution < 1.29 is 14.6 Å². The Balaban J connectivity index is 3.79. The van der Waals surface area contributed by atoms with Crippen molar-refractivity contribution in [2.24, 2.45) is 0 Å². The molecule has 0 aromatic rings. The van der Waals surface area contributed by atoms with E-state index in [0.29, 0.717) is 6.42 Å². The molecule has 0 aromatic heterocycles. The number of hydrogen-bond donors (Lipinski definition) is 1. The fourth-order valence-corrected chi connectivity index (χ4v) is 0.853. The molecule has 0 aliphatic carbocycles. The monoisotopic (exact) mass is 286 g/mol. The summed E-state index contributed by atoms with van der Waals surface area (Å²) in [6, 6.07) is 0. The van der Waals surface area contributed by atoms with Crippen LogP contribution in [0.15, 0.2) is 24.3 Å². The van der Waals surface area contributed by atoms with Gasteiger partial charge in [0.25, 0.3) is 0 Å². The van der Waals surface area contributed by atoms with Crippen molar-refractivity contribution in [3.05, 3.63) is 24.3 Å². The molecule has 3 nitrogen and oxygen atoms in total. The van der Waals surface area contributed by atoms with Crippen LogP contribution in [0.25, 0.3) is 0 Å². The van der Waals surface area contributed by atoms with Crippen LogP contribution < -0.4 is 0 Å². The number of carbonyl (C=O) groups excluding carboxylic acids is 1. The number of allylic oxidation sites excluding steroid dienone is 2. The molecular weight excluding hydrogens is 274 g/mol. The lowest BCUT2D eigenvalue weighted by Crippen LogP contribution is -2.15. The third-order valence-corrected chi connectivity index (χ3v) is 1.66. The summed E-state index contributed by atoms with van der Waals surface area (Å²) < 4.78 is 3.04. The van der Waals surface area contributed by atoms with Crippen molar-refractivity contribution in [3.8, 4) is 0 Å². The van der Waals surface area contributed by atoms with Crippen molar-refractivity contribution in [2.75, 3.05) is 6.61 Å². The first-order valence-corrected chi connectivity index (χ1v) is 5.69. The van der Waals surface area contributed by atoms with Crippen molar-refractivity contribution >= 4 is 40.8 Å². The van der Waals surface area contributed by atoms with E-state index in [4.69, 9.17) is 39.9 Å². The van der Waals surface area contributed by atoms with Crippen LogP contribution >= 0.6 is 34.8 Å². The minimum Gasteiger partial charge on any atom is -0.458 e. The maximum absolute atomic E-state index is 11.0. The van der Waals surface area contributed by atoms with Crippen LogP contribution in [0.4, 0.5) is 0 Å². The van der Waals surface area contributed by atoms with Crippen LogP contribution in [-0.4, -0.2) is 27.6 Å². The number of hydrogen-bond acceptors (Lipinski definition) is 3. The number of alkyl halides is 3. The number of carbonyl (C=O) groups is 1. The van der Waals surface area contributed by atoms with Gasteiger partial charge in [0.1, 0.15) is 6.61 Å². The quantitative estimate of drug-likeness (QED) is 0.366. The molecule has 1 unspecified atom stereocenters. The molecule has 6 heteroatoms. The van der Waals surface area contributed by atoms with Gasteiger partial charge in [-0.25, -0.2) is 4.79 Å². The summed E-state index contributed by atoms with van der Waals surface area (Å²) in [5.41, 5.74) is 0. The zero-order chi connectivity index (χ0) is 12.6. The van der Waals surface area contributed by atoms with Crippen LogP contribution in [0.3, 0.4) is 0 Å². The molecule has 16 heavy (non-hydrogen) atoms. The highest BCUT2D eigenvalue weighted by Gasteiger charge is 2.21. The Labute approximate surface area is 110 Å². The zero-order valence-corrected chi connectivity index (χ0v) is 11.0. The summed E-state index contributed by atoms with van der Waals surface area (Å²) in [4.78, 5) is 11.0. The van der Waals surface area contributed by atoms with Crippen LogP contribution in [0.2, 0.25) is 0 Å². The van der Waals surface area contributed by atoms with E-state index in [9.17, 15) is 4.79 Å². The molecule has 0 aliphatic rings. The van der Waals surface area contributed by atoms with Crippen molar-refractivity contribution in [1.29, 1.82) is 0 Å². The van der Waals surface area contributed by atoms with Gasteiger partial charge in [-0.1, -0.05) is 53.0 Å². The molecule has 0 rings (SSSR count). The molecule has 1 atom stereocenters. The lowest BCUT2D eigenvalue weighted by Gasteiger charge is -2.09. The van der Waals surface area contributed by atoms with Gasteiger partial charge < -0.3 is 9.84 Å². The van der Waals surface area contributed by atoms with Gasteiger partial charge in [-0.2, -0.15) is 0 Å². The summed E-state index contributed by atoms with van der Waals surface area (Å²) in [7, 11) is 0. The number of aliphatic hydroxyl groups excluding tert-OH is 1. The molecule has 1 N–H and O–H groups in total. The van der Waals surface area contributed by atoms with E-state index < -0.39 is 15.9 Å². The second kappa shape index (κ2) is 7.96. The Morgan fingerprint density at radius 2 is 2.06 bits per heavy atom. The Morgan fingerprint density at radius 3 is 2.56 bits per heavy atom. The van der Waals surface area contributed by atoms with E-state index in [1.54, 1.807) is 19.1 Å². The van der Waals surface area contributed by atoms with E-state index in [2.05, 4.69) is 4.74 Å². The van der Waals surface area contributed by atoms with Crippen LogP contribution in [0, 0.1) is 0 Å². The molecule has 92 valence electrons. The maximum Gasteiger partial charge on any atom is 0.330 e. The van der Waals surface area contributed by atoms with Gasteiger partial charge in [-0.3, -0.25) is 0 Å². The second-order valence-electron chi connectivity index (χ2n) is 3.09. The first kappa shape index (κ1) is 15.8. The molecular formula is C10H13Cl3O3. The largest absolute Gasteiger partial charge is 0.458 e. The fourth-order valence-electron chi connectivity index (χ4n) is 0.689. The fraction of sp³-hybridized carbons (Fsp3) is 0.500. The number of esters is 1. The molecule has 0 aromatic carbocycles. The molecule has 0 fully saturated rings. The van der Waals surface area contributed by atoms with Crippen LogP contribution in [-0.2, 0) is 9.53 Å². The van der Waals surface area contributed by atoms with Gasteiger partial charge in [-0.05, 0) is 13.3 Å². The Hall–Kier alpha value is -0.220. The lowest BCUT2D eigenvalue weighted by molar-refractivity contribution is -0.137. The van der Waals surface area contributed by atoms with E-state index in [1.807, 2.05) is 0 Å². The number of rotatable bonds is 5. The second-order valence-corrected chi connectivity index (χ2v) is 5.61. The molecule has 0 amide bonds.